The van der Waals surface area contributed by atoms with Gasteiger partial charge in [0.2, 0.25) is 0 Å². The molecule has 4 heterocycles. The van der Waals surface area contributed by atoms with Gasteiger partial charge in [-0.1, -0.05) is 52.6 Å². The lowest BCUT2D eigenvalue weighted by Gasteiger charge is -2.52. The Kier molecular flexibility index (Phi) is 7.21. The van der Waals surface area contributed by atoms with Gasteiger partial charge in [-0.05, 0) is 79.9 Å². The Balaban J connectivity index is 0.970. The summed E-state index contributed by atoms with van der Waals surface area (Å²) in [7, 11) is 1.78. The van der Waals surface area contributed by atoms with E-state index in [4.69, 9.17) is 42.2 Å². The maximum absolute atomic E-state index is 6.84. The number of methoxy groups -OCH3 is 1. The standard InChI is InChI=1S/C35H36Cl2N4O3/c1-42-25-19-41(20-25)33-26-16-22(2-3-23(26)7-15-39-33)6-8-34-9-12-35(13-10-34,14-11-34)43-21-27-31(40-44-32(27)24-4-5-24)30-28(36)17-38-18-29(30)37/h2-3,6-8,15-18,24-25H,4-5,9-14,19-21H2,1H3/b8-6+. The van der Waals surface area contributed by atoms with E-state index >= 15 is 0 Å². The van der Waals surface area contributed by atoms with Crippen LogP contribution in [0.2, 0.25) is 10.0 Å². The Morgan fingerprint density at radius 2 is 1.77 bits per heavy atom. The first-order chi connectivity index (χ1) is 21.4. The summed E-state index contributed by atoms with van der Waals surface area (Å²) in [6.45, 7) is 2.24. The first-order valence-electron chi connectivity index (χ1n) is 15.7. The third-order valence-corrected chi connectivity index (χ3v) is 11.1. The molecule has 0 N–H and O–H groups in total. The molecule has 0 radical (unpaired) electrons. The van der Waals surface area contributed by atoms with E-state index < -0.39 is 0 Å². The number of hydrogen-bond donors (Lipinski definition) is 0. The summed E-state index contributed by atoms with van der Waals surface area (Å²) in [5.41, 5.74) is 3.68. The summed E-state index contributed by atoms with van der Waals surface area (Å²) >= 11 is 13.0. The Labute approximate surface area is 267 Å². The second-order valence-corrected chi connectivity index (χ2v) is 14.0. The number of benzene rings is 1. The van der Waals surface area contributed by atoms with Crippen molar-refractivity contribution in [1.29, 1.82) is 0 Å². The van der Waals surface area contributed by atoms with Crippen molar-refractivity contribution in [3.05, 3.63) is 75.9 Å². The number of nitrogens with zero attached hydrogens (tertiary/aromatic N) is 4. The lowest BCUT2D eigenvalue weighted by Crippen LogP contribution is -2.52. The highest BCUT2D eigenvalue weighted by atomic mass is 35.5. The minimum atomic E-state index is -0.114. The third-order valence-electron chi connectivity index (χ3n) is 10.5. The number of rotatable bonds is 9. The SMILES string of the molecule is COC1CN(c2nccc3ccc(/C=C/C45CCC(OCc6c(-c7c(Cl)cncc7Cl)noc6C6CC6)(CC4)CC5)cc23)C1. The van der Waals surface area contributed by atoms with Gasteiger partial charge < -0.3 is 18.9 Å². The van der Waals surface area contributed by atoms with Crippen LogP contribution in [0.25, 0.3) is 28.1 Å². The fraction of sp³-hybridized carbons (Fsp3) is 0.457. The molecule has 4 saturated carbocycles. The number of allylic oxidation sites excluding steroid dienone is 1. The minimum absolute atomic E-state index is 0.114. The molecule has 1 aliphatic heterocycles. The van der Waals surface area contributed by atoms with E-state index in [0.717, 1.165) is 81.6 Å². The van der Waals surface area contributed by atoms with Crippen LogP contribution in [-0.2, 0) is 16.1 Å². The van der Waals surface area contributed by atoms with Crippen molar-refractivity contribution in [3.63, 3.8) is 0 Å². The second-order valence-electron chi connectivity index (χ2n) is 13.2. The molecule has 2 bridgehead atoms. The normalized spacial score (nSPS) is 25.3. The highest BCUT2D eigenvalue weighted by molar-refractivity contribution is 6.38. The lowest BCUT2D eigenvalue weighted by molar-refractivity contribution is -0.133. The van der Waals surface area contributed by atoms with Crippen LogP contribution < -0.4 is 4.90 Å². The monoisotopic (exact) mass is 630 g/mol. The van der Waals surface area contributed by atoms with Crippen molar-refractivity contribution < 1.29 is 14.0 Å². The van der Waals surface area contributed by atoms with E-state index in [0.29, 0.717) is 39.9 Å². The van der Waals surface area contributed by atoms with Gasteiger partial charge in [-0.25, -0.2) is 4.98 Å². The van der Waals surface area contributed by atoms with E-state index in [1.807, 2.05) is 6.20 Å². The molecule has 44 heavy (non-hydrogen) atoms. The van der Waals surface area contributed by atoms with Gasteiger partial charge in [0.05, 0.1) is 28.4 Å². The van der Waals surface area contributed by atoms with Crippen LogP contribution in [0, 0.1) is 5.41 Å². The van der Waals surface area contributed by atoms with Crippen LogP contribution in [0.1, 0.15) is 74.2 Å². The quantitative estimate of drug-likeness (QED) is 0.183. The molecule has 4 aromatic rings. The van der Waals surface area contributed by atoms with Crippen molar-refractivity contribution in [1.82, 2.24) is 15.1 Å². The van der Waals surface area contributed by atoms with Gasteiger partial charge in [0.15, 0.2) is 0 Å². The Bertz CT molecular complexity index is 1700. The minimum Gasteiger partial charge on any atom is -0.378 e. The maximum atomic E-state index is 6.84. The molecular weight excluding hydrogens is 595 g/mol. The van der Waals surface area contributed by atoms with Gasteiger partial charge in [-0.2, -0.15) is 0 Å². The fourth-order valence-electron chi connectivity index (χ4n) is 7.39. The molecule has 4 aliphatic carbocycles. The molecular formula is C35H36Cl2N4O3. The zero-order valence-electron chi connectivity index (χ0n) is 24.9. The highest BCUT2D eigenvalue weighted by Gasteiger charge is 2.48. The van der Waals surface area contributed by atoms with Crippen molar-refractivity contribution in [2.24, 2.45) is 5.41 Å². The van der Waals surface area contributed by atoms with Crippen molar-refractivity contribution in [2.45, 2.75) is 75.6 Å². The predicted octanol–water partition coefficient (Wildman–Crippen LogP) is 8.63. The molecule has 1 saturated heterocycles. The molecule has 0 unspecified atom stereocenters. The molecule has 0 amide bonds. The van der Waals surface area contributed by atoms with Gasteiger partial charge in [0.25, 0.3) is 0 Å². The Morgan fingerprint density at radius 3 is 2.48 bits per heavy atom. The van der Waals surface area contributed by atoms with Gasteiger partial charge in [-0.15, -0.1) is 0 Å². The topological polar surface area (TPSA) is 73.5 Å². The number of anilines is 1. The highest BCUT2D eigenvalue weighted by Crippen LogP contribution is 2.55. The van der Waals surface area contributed by atoms with E-state index in [1.54, 1.807) is 19.5 Å². The molecule has 5 fully saturated rings. The van der Waals surface area contributed by atoms with Crippen LogP contribution >= 0.6 is 23.2 Å². The van der Waals surface area contributed by atoms with Gasteiger partial charge in [0.1, 0.15) is 17.3 Å². The first-order valence-corrected chi connectivity index (χ1v) is 16.5. The molecule has 0 spiro atoms. The van der Waals surface area contributed by atoms with Gasteiger partial charge in [0, 0.05) is 61.2 Å². The molecule has 5 aliphatic rings. The lowest BCUT2D eigenvalue weighted by atomic mass is 9.58. The number of hydrogen-bond acceptors (Lipinski definition) is 7. The molecule has 228 valence electrons. The van der Waals surface area contributed by atoms with Crippen molar-refractivity contribution >= 4 is 45.9 Å². The Morgan fingerprint density at radius 1 is 1.02 bits per heavy atom. The molecule has 0 atom stereocenters. The third kappa shape index (κ3) is 5.12. The van der Waals surface area contributed by atoms with Crippen LogP contribution in [0.4, 0.5) is 5.82 Å². The number of halogens is 2. The van der Waals surface area contributed by atoms with E-state index in [1.165, 1.54) is 16.3 Å². The average molecular weight is 632 g/mol. The molecule has 9 rings (SSSR count). The molecule has 1 aromatic carbocycles. The summed E-state index contributed by atoms with van der Waals surface area (Å²) in [5, 5.41) is 7.80. The van der Waals surface area contributed by atoms with Gasteiger partial charge in [-0.3, -0.25) is 4.98 Å². The van der Waals surface area contributed by atoms with E-state index in [2.05, 4.69) is 51.5 Å². The van der Waals surface area contributed by atoms with Gasteiger partial charge >= 0.3 is 0 Å². The fourth-order valence-corrected chi connectivity index (χ4v) is 7.94. The number of pyridine rings is 2. The van der Waals surface area contributed by atoms with E-state index in [-0.39, 0.29) is 11.0 Å². The van der Waals surface area contributed by atoms with Crippen LogP contribution in [0.15, 0.2) is 53.5 Å². The van der Waals surface area contributed by atoms with Crippen molar-refractivity contribution in [3.8, 4) is 11.3 Å². The van der Waals surface area contributed by atoms with Crippen LogP contribution in [-0.4, -0.2) is 47.0 Å². The molecule has 9 heteroatoms. The van der Waals surface area contributed by atoms with Crippen molar-refractivity contribution in [2.75, 3.05) is 25.1 Å². The zero-order chi connectivity index (χ0) is 29.9. The average Bonchev–Trinajstić information content (AvgIpc) is 3.79. The molecule has 7 nitrogen and oxygen atoms in total. The number of ether oxygens (including phenoxy) is 2. The maximum Gasteiger partial charge on any atom is 0.145 e. The largest absolute Gasteiger partial charge is 0.378 e. The predicted molar refractivity (Wildman–Crippen MR) is 173 cm³/mol. The summed E-state index contributed by atoms with van der Waals surface area (Å²) < 4.78 is 18.2. The van der Waals surface area contributed by atoms with Crippen LogP contribution in [0.5, 0.6) is 0 Å². The summed E-state index contributed by atoms with van der Waals surface area (Å²) in [6.07, 6.45) is 19.0. The molecule has 3 aromatic heterocycles. The Hall–Kier alpha value is -2.97. The first kappa shape index (κ1) is 28.5. The summed E-state index contributed by atoms with van der Waals surface area (Å²) in [4.78, 5) is 11.1. The summed E-state index contributed by atoms with van der Waals surface area (Å²) in [6, 6.07) is 8.82. The second kappa shape index (κ2) is 11.1. The smallest absolute Gasteiger partial charge is 0.145 e. The zero-order valence-corrected chi connectivity index (χ0v) is 26.4. The van der Waals surface area contributed by atoms with E-state index in [9.17, 15) is 0 Å². The number of fused-ring (bicyclic) bond motifs is 4. The number of aromatic nitrogens is 3. The van der Waals surface area contributed by atoms with Crippen LogP contribution in [0.3, 0.4) is 0 Å². The summed E-state index contributed by atoms with van der Waals surface area (Å²) in [5.74, 6) is 2.37.